The van der Waals surface area contributed by atoms with E-state index < -0.39 is 0 Å². The van der Waals surface area contributed by atoms with E-state index in [-0.39, 0.29) is 5.75 Å². The molecule has 5 heteroatoms. The van der Waals surface area contributed by atoms with Crippen molar-refractivity contribution in [1.29, 1.82) is 0 Å². The number of phenolic OH excluding ortho intramolecular Hbond substituents is 1. The van der Waals surface area contributed by atoms with Gasteiger partial charge < -0.3 is 15.8 Å². The standard InChI is InChI=1S/C12H12N4O/c1-16-12(9(13)6-14-16)11-4-7-2-3-8(17)5-10(7)15-11/h2-6,15,17H,13H2,1H3. The predicted molar refractivity (Wildman–Crippen MR) is 66.6 cm³/mol. The Morgan fingerprint density at radius 1 is 1.35 bits per heavy atom. The molecule has 86 valence electrons. The number of aromatic hydroxyl groups is 1. The molecule has 17 heavy (non-hydrogen) atoms. The number of nitrogens with one attached hydrogen (secondary N) is 1. The molecule has 2 heterocycles. The highest BCUT2D eigenvalue weighted by molar-refractivity contribution is 5.88. The minimum Gasteiger partial charge on any atom is -0.508 e. The van der Waals surface area contributed by atoms with Crippen LogP contribution < -0.4 is 5.73 Å². The number of fused-ring (bicyclic) bond motifs is 1. The topological polar surface area (TPSA) is 79.9 Å². The molecule has 0 unspecified atom stereocenters. The Balaban J connectivity index is 2.25. The Hall–Kier alpha value is -2.43. The summed E-state index contributed by atoms with van der Waals surface area (Å²) in [5, 5.41) is 14.5. The fourth-order valence-corrected chi connectivity index (χ4v) is 2.03. The Bertz CT molecular complexity index is 676. The van der Waals surface area contributed by atoms with Crippen LogP contribution in [0.25, 0.3) is 22.3 Å². The average Bonchev–Trinajstić information content (AvgIpc) is 2.81. The third-order valence-corrected chi connectivity index (χ3v) is 2.83. The molecule has 0 bridgehead atoms. The van der Waals surface area contributed by atoms with Gasteiger partial charge in [0.05, 0.1) is 17.6 Å². The van der Waals surface area contributed by atoms with E-state index in [4.69, 9.17) is 5.73 Å². The van der Waals surface area contributed by atoms with Gasteiger partial charge in [0.25, 0.3) is 0 Å². The molecule has 3 rings (SSSR count). The van der Waals surface area contributed by atoms with Crippen LogP contribution in [-0.4, -0.2) is 19.9 Å². The maximum Gasteiger partial charge on any atom is 0.117 e. The van der Waals surface area contributed by atoms with Crippen LogP contribution in [0.3, 0.4) is 0 Å². The SMILES string of the molecule is Cn1ncc(N)c1-c1cc2ccc(O)cc2[nH]1. The number of nitrogens with zero attached hydrogens (tertiary/aromatic N) is 2. The molecule has 3 aromatic rings. The van der Waals surface area contributed by atoms with Gasteiger partial charge >= 0.3 is 0 Å². The molecule has 0 atom stereocenters. The van der Waals surface area contributed by atoms with Crippen molar-refractivity contribution >= 4 is 16.6 Å². The first-order valence-corrected chi connectivity index (χ1v) is 5.25. The lowest BCUT2D eigenvalue weighted by Gasteiger charge is -1.99. The number of anilines is 1. The predicted octanol–water partition coefficient (Wildman–Crippen LogP) is 1.86. The molecule has 0 radical (unpaired) electrons. The van der Waals surface area contributed by atoms with Crippen LogP contribution >= 0.6 is 0 Å². The molecule has 0 aliphatic carbocycles. The zero-order valence-electron chi connectivity index (χ0n) is 9.31. The van der Waals surface area contributed by atoms with Crippen LogP contribution in [0.1, 0.15) is 0 Å². The lowest BCUT2D eigenvalue weighted by molar-refractivity contribution is 0.476. The van der Waals surface area contributed by atoms with Crippen LogP contribution in [0.15, 0.2) is 30.5 Å². The highest BCUT2D eigenvalue weighted by Crippen LogP contribution is 2.29. The normalized spacial score (nSPS) is 11.1. The van der Waals surface area contributed by atoms with Crippen LogP contribution in [0.4, 0.5) is 5.69 Å². The van der Waals surface area contributed by atoms with Crippen molar-refractivity contribution in [3.05, 3.63) is 30.5 Å². The fourth-order valence-electron chi connectivity index (χ4n) is 2.03. The number of benzene rings is 1. The number of phenols is 1. The van der Waals surface area contributed by atoms with E-state index in [2.05, 4.69) is 10.1 Å². The molecule has 0 spiro atoms. The Morgan fingerprint density at radius 2 is 2.18 bits per heavy atom. The number of aromatic nitrogens is 3. The van der Waals surface area contributed by atoms with Gasteiger partial charge in [-0.2, -0.15) is 5.10 Å². The molecule has 5 nitrogen and oxygen atoms in total. The van der Waals surface area contributed by atoms with E-state index in [0.717, 1.165) is 22.3 Å². The summed E-state index contributed by atoms with van der Waals surface area (Å²) < 4.78 is 1.72. The van der Waals surface area contributed by atoms with Crippen molar-refractivity contribution in [3.63, 3.8) is 0 Å². The molecule has 0 fully saturated rings. The quantitative estimate of drug-likeness (QED) is 0.594. The molecule has 0 aliphatic rings. The van der Waals surface area contributed by atoms with E-state index in [1.165, 1.54) is 0 Å². The number of hydrogen-bond acceptors (Lipinski definition) is 3. The maximum absolute atomic E-state index is 9.42. The zero-order valence-corrected chi connectivity index (χ0v) is 9.31. The van der Waals surface area contributed by atoms with Crippen molar-refractivity contribution in [2.45, 2.75) is 0 Å². The lowest BCUT2D eigenvalue weighted by Crippen LogP contribution is -1.95. The number of H-pyrrole nitrogens is 1. The van der Waals surface area contributed by atoms with E-state index in [1.807, 2.05) is 19.2 Å². The van der Waals surface area contributed by atoms with Crippen LogP contribution in [0, 0.1) is 0 Å². The van der Waals surface area contributed by atoms with E-state index >= 15 is 0 Å². The van der Waals surface area contributed by atoms with Crippen molar-refractivity contribution in [3.8, 4) is 17.1 Å². The molecule has 0 amide bonds. The van der Waals surface area contributed by atoms with Crippen LogP contribution in [0.2, 0.25) is 0 Å². The first-order chi connectivity index (χ1) is 8.15. The zero-order chi connectivity index (χ0) is 12.0. The molecule has 0 saturated carbocycles. The number of rotatable bonds is 1. The van der Waals surface area contributed by atoms with E-state index in [1.54, 1.807) is 23.0 Å². The highest BCUT2D eigenvalue weighted by atomic mass is 16.3. The summed E-state index contributed by atoms with van der Waals surface area (Å²) in [6.45, 7) is 0. The highest BCUT2D eigenvalue weighted by Gasteiger charge is 2.11. The molecule has 4 N–H and O–H groups in total. The first kappa shape index (κ1) is 9.77. The van der Waals surface area contributed by atoms with E-state index in [0.29, 0.717) is 5.69 Å². The minimum absolute atomic E-state index is 0.240. The number of aryl methyl sites for hydroxylation is 1. The third-order valence-electron chi connectivity index (χ3n) is 2.83. The van der Waals surface area contributed by atoms with Gasteiger partial charge in [-0.3, -0.25) is 4.68 Å². The minimum atomic E-state index is 0.240. The maximum atomic E-state index is 9.42. The van der Waals surface area contributed by atoms with E-state index in [9.17, 15) is 5.11 Å². The van der Waals surface area contributed by atoms with Crippen LogP contribution in [0.5, 0.6) is 5.75 Å². The lowest BCUT2D eigenvalue weighted by atomic mass is 10.2. The van der Waals surface area contributed by atoms with Gasteiger partial charge in [0.15, 0.2) is 0 Å². The number of hydrogen-bond donors (Lipinski definition) is 3. The van der Waals surface area contributed by atoms with Crippen molar-refractivity contribution in [2.24, 2.45) is 7.05 Å². The summed E-state index contributed by atoms with van der Waals surface area (Å²) in [4.78, 5) is 3.22. The fraction of sp³-hybridized carbons (Fsp3) is 0.0833. The molecule has 0 saturated heterocycles. The second-order valence-electron chi connectivity index (χ2n) is 4.03. The van der Waals surface area contributed by atoms with Gasteiger partial charge in [-0.15, -0.1) is 0 Å². The Morgan fingerprint density at radius 3 is 2.88 bits per heavy atom. The Labute approximate surface area is 97.5 Å². The van der Waals surface area contributed by atoms with Crippen molar-refractivity contribution < 1.29 is 5.11 Å². The van der Waals surface area contributed by atoms with Gasteiger partial charge in [0.1, 0.15) is 11.4 Å². The number of aromatic amines is 1. The summed E-state index contributed by atoms with van der Waals surface area (Å²) in [7, 11) is 1.84. The first-order valence-electron chi connectivity index (χ1n) is 5.25. The van der Waals surface area contributed by atoms with Gasteiger partial charge in [-0.25, -0.2) is 0 Å². The van der Waals surface area contributed by atoms with Gasteiger partial charge in [-0.1, -0.05) is 0 Å². The number of nitrogens with two attached hydrogens (primary N) is 1. The number of nitrogen functional groups attached to an aromatic ring is 1. The van der Waals surface area contributed by atoms with Gasteiger partial charge in [-0.05, 0) is 18.2 Å². The smallest absolute Gasteiger partial charge is 0.117 e. The summed E-state index contributed by atoms with van der Waals surface area (Å²) in [5.41, 5.74) is 9.12. The molecular formula is C12H12N4O. The Kier molecular flexibility index (Phi) is 1.89. The second-order valence-corrected chi connectivity index (χ2v) is 4.03. The molecular weight excluding hydrogens is 216 g/mol. The monoisotopic (exact) mass is 228 g/mol. The molecule has 0 aliphatic heterocycles. The van der Waals surface area contributed by atoms with Crippen LogP contribution in [-0.2, 0) is 7.05 Å². The van der Waals surface area contributed by atoms with Crippen molar-refractivity contribution in [2.75, 3.05) is 5.73 Å². The molecule has 1 aromatic carbocycles. The van der Waals surface area contributed by atoms with Gasteiger partial charge in [0, 0.05) is 24.0 Å². The summed E-state index contributed by atoms with van der Waals surface area (Å²) in [5.74, 6) is 0.240. The average molecular weight is 228 g/mol. The largest absolute Gasteiger partial charge is 0.508 e. The molecule has 2 aromatic heterocycles. The summed E-state index contributed by atoms with van der Waals surface area (Å²) in [6.07, 6.45) is 1.62. The van der Waals surface area contributed by atoms with Crippen molar-refractivity contribution in [1.82, 2.24) is 14.8 Å². The third kappa shape index (κ3) is 1.44. The summed E-state index contributed by atoms with van der Waals surface area (Å²) in [6, 6.07) is 7.19. The summed E-state index contributed by atoms with van der Waals surface area (Å²) >= 11 is 0. The van der Waals surface area contributed by atoms with Gasteiger partial charge in [0.2, 0.25) is 0 Å². The second kappa shape index (κ2) is 3.28.